The van der Waals surface area contributed by atoms with Gasteiger partial charge in [0.05, 0.1) is 0 Å². The third-order valence-corrected chi connectivity index (χ3v) is 5.33. The normalized spacial score (nSPS) is 23.2. The minimum Gasteiger partial charge on any atom is -0.357 e. The molecule has 1 atom stereocenters. The zero-order chi connectivity index (χ0) is 17.2. The lowest BCUT2D eigenvalue weighted by Crippen LogP contribution is -2.47. The minimum atomic E-state index is 0.611. The predicted octanol–water partition coefficient (Wildman–Crippen LogP) is 2.15. The van der Waals surface area contributed by atoms with Crippen LogP contribution in [0.1, 0.15) is 52.9 Å². The van der Waals surface area contributed by atoms with Crippen molar-refractivity contribution in [2.45, 2.75) is 58.9 Å². The van der Waals surface area contributed by atoms with Crippen LogP contribution < -0.4 is 10.6 Å². The second kappa shape index (κ2) is 10.9. The molecule has 0 aromatic carbocycles. The van der Waals surface area contributed by atoms with E-state index in [2.05, 4.69) is 41.2 Å². The molecule has 5 nitrogen and oxygen atoms in total. The van der Waals surface area contributed by atoms with Crippen molar-refractivity contribution in [1.82, 2.24) is 20.4 Å². The van der Waals surface area contributed by atoms with Crippen LogP contribution in [0.2, 0.25) is 0 Å². The lowest BCUT2D eigenvalue weighted by molar-refractivity contribution is 0.125. The Morgan fingerprint density at radius 3 is 2.33 bits per heavy atom. The van der Waals surface area contributed by atoms with Crippen LogP contribution in [0.25, 0.3) is 0 Å². The summed E-state index contributed by atoms with van der Waals surface area (Å²) in [6.45, 7) is 15.8. The first kappa shape index (κ1) is 19.5. The molecule has 0 radical (unpaired) electrons. The van der Waals surface area contributed by atoms with E-state index in [4.69, 9.17) is 4.99 Å². The van der Waals surface area contributed by atoms with Gasteiger partial charge in [-0.05, 0) is 32.2 Å². The predicted molar refractivity (Wildman–Crippen MR) is 104 cm³/mol. The van der Waals surface area contributed by atoms with Gasteiger partial charge in [0.25, 0.3) is 0 Å². The van der Waals surface area contributed by atoms with Crippen molar-refractivity contribution in [2.75, 3.05) is 52.4 Å². The van der Waals surface area contributed by atoms with Gasteiger partial charge in [0, 0.05) is 51.9 Å². The largest absolute Gasteiger partial charge is 0.357 e. The Bertz CT molecular complexity index is 357. The average molecular weight is 338 g/mol. The monoisotopic (exact) mass is 337 g/mol. The van der Waals surface area contributed by atoms with E-state index >= 15 is 0 Å². The van der Waals surface area contributed by atoms with E-state index in [-0.39, 0.29) is 0 Å². The van der Waals surface area contributed by atoms with Crippen molar-refractivity contribution >= 4 is 5.96 Å². The summed E-state index contributed by atoms with van der Waals surface area (Å²) in [5, 5.41) is 7.07. The molecule has 0 bridgehead atoms. The number of guanidine groups is 1. The molecular formula is C19H39N5. The van der Waals surface area contributed by atoms with Crippen LogP contribution in [0.15, 0.2) is 4.99 Å². The van der Waals surface area contributed by atoms with E-state index < -0.39 is 0 Å². The molecule has 0 spiro atoms. The Labute approximate surface area is 149 Å². The Hall–Kier alpha value is -0.810. The summed E-state index contributed by atoms with van der Waals surface area (Å²) in [6.07, 6.45) is 6.70. The highest BCUT2D eigenvalue weighted by Crippen LogP contribution is 2.17. The highest BCUT2D eigenvalue weighted by Gasteiger charge is 2.18. The van der Waals surface area contributed by atoms with Crippen molar-refractivity contribution in [1.29, 1.82) is 0 Å². The van der Waals surface area contributed by atoms with Gasteiger partial charge in [-0.3, -0.25) is 4.99 Å². The first-order valence-corrected chi connectivity index (χ1v) is 10.2. The third kappa shape index (κ3) is 6.98. The summed E-state index contributed by atoms with van der Waals surface area (Å²) in [4.78, 5) is 10.0. The lowest BCUT2D eigenvalue weighted by Gasteiger charge is -2.35. The van der Waals surface area contributed by atoms with Crippen molar-refractivity contribution in [2.24, 2.45) is 10.9 Å². The Morgan fingerprint density at radius 2 is 1.71 bits per heavy atom. The average Bonchev–Trinajstić information content (AvgIpc) is 2.61. The highest BCUT2D eigenvalue weighted by atomic mass is 15.3. The molecule has 0 aromatic heterocycles. The SMILES string of the molecule is CCNC(=NCC(C)CN1CCN(CC)CC1)NC1CCCCC1. The number of nitrogens with one attached hydrogen (secondary N) is 2. The molecule has 1 unspecified atom stereocenters. The van der Waals surface area contributed by atoms with Crippen LogP contribution in [0.4, 0.5) is 0 Å². The molecule has 1 saturated heterocycles. The summed E-state index contributed by atoms with van der Waals surface area (Å²) in [7, 11) is 0. The molecule has 2 rings (SSSR count). The molecular weight excluding hydrogens is 298 g/mol. The Kier molecular flexibility index (Phi) is 8.89. The topological polar surface area (TPSA) is 42.9 Å². The van der Waals surface area contributed by atoms with Crippen LogP contribution in [-0.2, 0) is 0 Å². The summed E-state index contributed by atoms with van der Waals surface area (Å²) < 4.78 is 0. The van der Waals surface area contributed by atoms with Crippen LogP contribution in [0.3, 0.4) is 0 Å². The van der Waals surface area contributed by atoms with Crippen molar-refractivity contribution < 1.29 is 0 Å². The van der Waals surface area contributed by atoms with Gasteiger partial charge < -0.3 is 20.4 Å². The van der Waals surface area contributed by atoms with Gasteiger partial charge in [0.1, 0.15) is 0 Å². The molecule has 1 heterocycles. The number of aliphatic imine (C=N–C) groups is 1. The number of hydrogen-bond donors (Lipinski definition) is 2. The van der Waals surface area contributed by atoms with E-state index in [1.54, 1.807) is 0 Å². The highest BCUT2D eigenvalue weighted by molar-refractivity contribution is 5.80. The van der Waals surface area contributed by atoms with Crippen molar-refractivity contribution in [3.8, 4) is 0 Å². The van der Waals surface area contributed by atoms with Gasteiger partial charge >= 0.3 is 0 Å². The van der Waals surface area contributed by atoms with Crippen LogP contribution in [0.5, 0.6) is 0 Å². The fraction of sp³-hybridized carbons (Fsp3) is 0.947. The number of likely N-dealkylation sites (N-methyl/N-ethyl adjacent to an activating group) is 1. The quantitative estimate of drug-likeness (QED) is 0.552. The number of hydrogen-bond acceptors (Lipinski definition) is 3. The lowest BCUT2D eigenvalue weighted by atomic mass is 9.96. The molecule has 2 N–H and O–H groups in total. The molecule has 1 aliphatic heterocycles. The van der Waals surface area contributed by atoms with Gasteiger partial charge in [-0.15, -0.1) is 0 Å². The second-order valence-corrected chi connectivity index (χ2v) is 7.54. The minimum absolute atomic E-state index is 0.611. The Balaban J connectivity index is 1.73. The first-order valence-electron chi connectivity index (χ1n) is 10.2. The summed E-state index contributed by atoms with van der Waals surface area (Å²) in [5.41, 5.74) is 0. The van der Waals surface area contributed by atoms with Crippen molar-refractivity contribution in [3.05, 3.63) is 0 Å². The molecule has 0 amide bonds. The maximum Gasteiger partial charge on any atom is 0.191 e. The molecule has 1 aliphatic carbocycles. The molecule has 5 heteroatoms. The summed E-state index contributed by atoms with van der Waals surface area (Å²) in [5.74, 6) is 1.63. The Morgan fingerprint density at radius 1 is 1.04 bits per heavy atom. The maximum atomic E-state index is 4.86. The number of rotatable bonds is 7. The smallest absolute Gasteiger partial charge is 0.191 e. The second-order valence-electron chi connectivity index (χ2n) is 7.54. The van der Waals surface area contributed by atoms with Gasteiger partial charge in [0.2, 0.25) is 0 Å². The van der Waals surface area contributed by atoms with Crippen LogP contribution in [0, 0.1) is 5.92 Å². The van der Waals surface area contributed by atoms with E-state index in [0.717, 1.165) is 19.0 Å². The van der Waals surface area contributed by atoms with Crippen LogP contribution >= 0.6 is 0 Å². The molecule has 1 saturated carbocycles. The maximum absolute atomic E-state index is 4.86. The number of nitrogens with zero attached hydrogens (tertiary/aromatic N) is 3. The van der Waals surface area contributed by atoms with E-state index in [9.17, 15) is 0 Å². The fourth-order valence-electron chi connectivity index (χ4n) is 3.79. The standard InChI is InChI=1S/C19H39N5/c1-4-20-19(22-18-9-7-6-8-10-18)21-15-17(3)16-24-13-11-23(5-2)12-14-24/h17-18H,4-16H2,1-3H3,(H2,20,21,22). The van der Waals surface area contributed by atoms with Gasteiger partial charge in [-0.2, -0.15) is 0 Å². The molecule has 24 heavy (non-hydrogen) atoms. The zero-order valence-electron chi connectivity index (χ0n) is 16.2. The number of piperazine rings is 1. The molecule has 2 aliphatic rings. The summed E-state index contributed by atoms with van der Waals surface area (Å²) in [6, 6.07) is 0.619. The fourth-order valence-corrected chi connectivity index (χ4v) is 3.79. The molecule has 140 valence electrons. The van der Waals surface area contributed by atoms with E-state index in [0.29, 0.717) is 12.0 Å². The summed E-state index contributed by atoms with van der Waals surface area (Å²) >= 11 is 0. The van der Waals surface area contributed by atoms with Gasteiger partial charge in [-0.25, -0.2) is 0 Å². The molecule has 2 fully saturated rings. The first-order chi connectivity index (χ1) is 11.7. The van der Waals surface area contributed by atoms with Gasteiger partial charge in [0.15, 0.2) is 5.96 Å². The van der Waals surface area contributed by atoms with Gasteiger partial charge in [-0.1, -0.05) is 33.1 Å². The van der Waals surface area contributed by atoms with E-state index in [1.165, 1.54) is 71.4 Å². The van der Waals surface area contributed by atoms with Crippen LogP contribution in [-0.4, -0.2) is 74.2 Å². The van der Waals surface area contributed by atoms with Crippen molar-refractivity contribution in [3.63, 3.8) is 0 Å². The van der Waals surface area contributed by atoms with E-state index in [1.807, 2.05) is 0 Å². The third-order valence-electron chi connectivity index (χ3n) is 5.33. The zero-order valence-corrected chi connectivity index (χ0v) is 16.2. The molecule has 0 aromatic rings.